The van der Waals surface area contributed by atoms with E-state index in [1.807, 2.05) is 0 Å². The molecule has 0 spiro atoms. The van der Waals surface area contributed by atoms with Crippen LogP contribution in [0.1, 0.15) is 117 Å². The number of esters is 1. The van der Waals surface area contributed by atoms with Crippen molar-refractivity contribution in [2.24, 2.45) is 5.92 Å². The third-order valence-electron chi connectivity index (χ3n) is 4.86. The monoisotopic (exact) mass is 326 g/mol. The van der Waals surface area contributed by atoms with Crippen molar-refractivity contribution in [3.63, 3.8) is 0 Å². The van der Waals surface area contributed by atoms with Gasteiger partial charge in [0, 0.05) is 6.42 Å². The topological polar surface area (TPSA) is 26.3 Å². The second-order valence-corrected chi connectivity index (χ2v) is 7.25. The number of carbonyl (C=O) groups excluding carboxylic acids is 1. The van der Waals surface area contributed by atoms with Crippen molar-refractivity contribution in [2.45, 2.75) is 117 Å². The fraction of sp³-hybridized carbons (Fsp3) is 0.952. The molecule has 0 heterocycles. The maximum Gasteiger partial charge on any atom is 0.305 e. The Morgan fingerprint density at radius 3 is 1.65 bits per heavy atom. The zero-order valence-corrected chi connectivity index (χ0v) is 16.2. The predicted octanol–water partition coefficient (Wildman–Crippen LogP) is 7.06. The molecule has 0 aliphatic rings. The van der Waals surface area contributed by atoms with Gasteiger partial charge in [0.15, 0.2) is 0 Å². The van der Waals surface area contributed by atoms with E-state index in [1.165, 1.54) is 97.0 Å². The van der Waals surface area contributed by atoms with Crippen LogP contribution in [0.15, 0.2) is 0 Å². The molecule has 0 aliphatic heterocycles. The number of ether oxygens (including phenoxy) is 1. The summed E-state index contributed by atoms with van der Waals surface area (Å²) in [7, 11) is 1.47. The maximum absolute atomic E-state index is 11.0. The second kappa shape index (κ2) is 17.8. The Hall–Kier alpha value is -0.530. The third kappa shape index (κ3) is 17.7. The fourth-order valence-electron chi connectivity index (χ4n) is 3.17. The summed E-state index contributed by atoms with van der Waals surface area (Å²) < 4.78 is 4.64. The first kappa shape index (κ1) is 22.5. The van der Waals surface area contributed by atoms with Gasteiger partial charge in [0.25, 0.3) is 0 Å². The summed E-state index contributed by atoms with van der Waals surface area (Å²) in [5.41, 5.74) is 0. The van der Waals surface area contributed by atoms with Gasteiger partial charge in [0.1, 0.15) is 0 Å². The van der Waals surface area contributed by atoms with Crippen LogP contribution < -0.4 is 0 Å². The number of carbonyl (C=O) groups is 1. The highest BCUT2D eigenvalue weighted by Gasteiger charge is 2.02. The van der Waals surface area contributed by atoms with Crippen molar-refractivity contribution in [3.05, 3.63) is 0 Å². The predicted molar refractivity (Wildman–Crippen MR) is 101 cm³/mol. The van der Waals surface area contributed by atoms with Gasteiger partial charge in [0.05, 0.1) is 7.11 Å². The van der Waals surface area contributed by atoms with Crippen molar-refractivity contribution in [3.8, 4) is 0 Å². The van der Waals surface area contributed by atoms with Gasteiger partial charge in [-0.25, -0.2) is 0 Å². The zero-order valence-electron chi connectivity index (χ0n) is 16.2. The number of methoxy groups -OCH3 is 1. The van der Waals surface area contributed by atoms with Crippen LogP contribution in [0, 0.1) is 5.92 Å². The molecule has 0 saturated carbocycles. The highest BCUT2D eigenvalue weighted by atomic mass is 16.5. The number of hydrogen-bond acceptors (Lipinski definition) is 2. The Morgan fingerprint density at radius 1 is 0.739 bits per heavy atom. The highest BCUT2D eigenvalue weighted by Crippen LogP contribution is 2.18. The first-order chi connectivity index (χ1) is 11.2. The summed E-state index contributed by atoms with van der Waals surface area (Å²) in [5.74, 6) is 0.867. The van der Waals surface area contributed by atoms with Crippen LogP contribution in [0.3, 0.4) is 0 Å². The van der Waals surface area contributed by atoms with E-state index in [-0.39, 0.29) is 5.97 Å². The van der Waals surface area contributed by atoms with Crippen LogP contribution in [0.2, 0.25) is 0 Å². The number of rotatable bonds is 17. The largest absolute Gasteiger partial charge is 0.469 e. The summed E-state index contributed by atoms with van der Waals surface area (Å²) in [6.07, 6.45) is 20.8. The Balaban J connectivity index is 3.14. The third-order valence-corrected chi connectivity index (χ3v) is 4.86. The quantitative estimate of drug-likeness (QED) is 0.211. The van der Waals surface area contributed by atoms with Gasteiger partial charge in [-0.05, 0) is 12.3 Å². The summed E-state index contributed by atoms with van der Waals surface area (Å²) in [4.78, 5) is 11.0. The van der Waals surface area contributed by atoms with Crippen molar-refractivity contribution >= 4 is 5.97 Å². The van der Waals surface area contributed by atoms with Crippen LogP contribution in [0.4, 0.5) is 0 Å². The summed E-state index contributed by atoms with van der Waals surface area (Å²) in [6.45, 7) is 4.71. The fourth-order valence-corrected chi connectivity index (χ4v) is 3.17. The van der Waals surface area contributed by atoms with E-state index < -0.39 is 0 Å². The molecule has 0 aromatic heterocycles. The Bertz CT molecular complexity index is 250. The SMILES string of the molecule is CCCCCCC(C)CCCCCCCCCCCC(=O)OC. The molecule has 1 unspecified atom stereocenters. The van der Waals surface area contributed by atoms with Gasteiger partial charge in [-0.3, -0.25) is 4.79 Å². The maximum atomic E-state index is 11.0. The van der Waals surface area contributed by atoms with Gasteiger partial charge in [-0.2, -0.15) is 0 Å². The van der Waals surface area contributed by atoms with Gasteiger partial charge in [-0.1, -0.05) is 104 Å². The molecule has 0 radical (unpaired) electrons. The lowest BCUT2D eigenvalue weighted by atomic mass is 9.96. The molecule has 0 fully saturated rings. The minimum atomic E-state index is -0.0652. The molecule has 138 valence electrons. The lowest BCUT2D eigenvalue weighted by Gasteiger charge is -2.10. The molecular weight excluding hydrogens is 284 g/mol. The molecule has 0 rings (SSSR count). The molecule has 0 aromatic rings. The first-order valence-corrected chi connectivity index (χ1v) is 10.3. The van der Waals surface area contributed by atoms with E-state index >= 15 is 0 Å². The molecule has 0 N–H and O–H groups in total. The lowest BCUT2D eigenvalue weighted by Crippen LogP contribution is -1.99. The van der Waals surface area contributed by atoms with Gasteiger partial charge in [0.2, 0.25) is 0 Å². The summed E-state index contributed by atoms with van der Waals surface area (Å²) in [6, 6.07) is 0. The highest BCUT2D eigenvalue weighted by molar-refractivity contribution is 5.68. The molecule has 0 aromatic carbocycles. The summed E-state index contributed by atoms with van der Waals surface area (Å²) >= 11 is 0. The lowest BCUT2D eigenvalue weighted by molar-refractivity contribution is -0.140. The molecule has 0 saturated heterocycles. The minimum Gasteiger partial charge on any atom is -0.469 e. The van der Waals surface area contributed by atoms with Crippen LogP contribution in [-0.4, -0.2) is 13.1 Å². The average Bonchev–Trinajstić information content (AvgIpc) is 2.56. The van der Waals surface area contributed by atoms with E-state index in [4.69, 9.17) is 0 Å². The molecule has 0 bridgehead atoms. The summed E-state index contributed by atoms with van der Waals surface area (Å²) in [5, 5.41) is 0. The van der Waals surface area contributed by atoms with Crippen molar-refractivity contribution in [2.75, 3.05) is 7.11 Å². The van der Waals surface area contributed by atoms with Crippen LogP contribution in [0.5, 0.6) is 0 Å². The Labute approximate surface area is 145 Å². The number of hydrogen-bond donors (Lipinski definition) is 0. The van der Waals surface area contributed by atoms with E-state index in [9.17, 15) is 4.79 Å². The van der Waals surface area contributed by atoms with Crippen LogP contribution in [0.25, 0.3) is 0 Å². The minimum absolute atomic E-state index is 0.0652. The molecule has 1 atom stereocenters. The van der Waals surface area contributed by atoms with E-state index in [0.29, 0.717) is 6.42 Å². The van der Waals surface area contributed by atoms with Crippen LogP contribution in [-0.2, 0) is 9.53 Å². The smallest absolute Gasteiger partial charge is 0.305 e. The van der Waals surface area contributed by atoms with Crippen molar-refractivity contribution in [1.29, 1.82) is 0 Å². The first-order valence-electron chi connectivity index (χ1n) is 10.3. The molecule has 2 heteroatoms. The molecule has 23 heavy (non-hydrogen) atoms. The van der Waals surface area contributed by atoms with Crippen molar-refractivity contribution < 1.29 is 9.53 Å². The van der Waals surface area contributed by atoms with Crippen LogP contribution >= 0.6 is 0 Å². The van der Waals surface area contributed by atoms with Gasteiger partial charge >= 0.3 is 5.97 Å². The second-order valence-electron chi connectivity index (χ2n) is 7.25. The standard InChI is InChI=1S/C21H42O2/c1-4-5-6-14-17-20(2)18-15-12-10-8-7-9-11-13-16-19-21(22)23-3/h20H,4-19H2,1-3H3. The van der Waals surface area contributed by atoms with E-state index in [1.54, 1.807) is 0 Å². The van der Waals surface area contributed by atoms with Gasteiger partial charge in [-0.15, -0.1) is 0 Å². The Morgan fingerprint density at radius 2 is 1.17 bits per heavy atom. The molecule has 0 aliphatic carbocycles. The molecule has 2 nitrogen and oxygen atoms in total. The zero-order chi connectivity index (χ0) is 17.2. The molecule has 0 amide bonds. The van der Waals surface area contributed by atoms with Gasteiger partial charge < -0.3 is 4.74 Å². The normalized spacial score (nSPS) is 12.3. The molecular formula is C21H42O2. The van der Waals surface area contributed by atoms with Crippen molar-refractivity contribution in [1.82, 2.24) is 0 Å². The average molecular weight is 327 g/mol. The van der Waals surface area contributed by atoms with E-state index in [2.05, 4.69) is 18.6 Å². The Kier molecular flexibility index (Phi) is 17.4. The number of unbranched alkanes of at least 4 members (excludes halogenated alkanes) is 11. The van der Waals surface area contributed by atoms with E-state index in [0.717, 1.165) is 12.3 Å².